The lowest BCUT2D eigenvalue weighted by atomic mass is 10.1. The molecule has 0 heterocycles. The first kappa shape index (κ1) is 14.2. The minimum Gasteiger partial charge on any atom is -0.0622 e. The highest BCUT2D eigenvalue weighted by Gasteiger charge is 2.16. The topological polar surface area (TPSA) is 0 Å². The van der Waals surface area contributed by atoms with Gasteiger partial charge in [-0.3, -0.25) is 0 Å². The predicted molar refractivity (Wildman–Crippen MR) is 103 cm³/mol. The smallest absolute Gasteiger partial charge is 0.0134 e. The van der Waals surface area contributed by atoms with E-state index < -0.39 is 7.92 Å². The highest BCUT2D eigenvalue weighted by atomic mass is 31.1. The van der Waals surface area contributed by atoms with Gasteiger partial charge in [-0.1, -0.05) is 97.1 Å². The molecule has 0 atom stereocenters. The summed E-state index contributed by atoms with van der Waals surface area (Å²) in [5.74, 6) is 0. The third kappa shape index (κ3) is 2.91. The molecule has 0 aliphatic heterocycles. The number of benzene rings is 4. The lowest BCUT2D eigenvalue weighted by Crippen LogP contribution is -2.20. The zero-order chi connectivity index (χ0) is 15.5. The van der Waals surface area contributed by atoms with E-state index in [4.69, 9.17) is 0 Å². The molecule has 0 aliphatic rings. The van der Waals surface area contributed by atoms with Crippen LogP contribution in [0.3, 0.4) is 0 Å². The molecule has 0 bridgehead atoms. The molecule has 23 heavy (non-hydrogen) atoms. The second-order valence-electron chi connectivity index (χ2n) is 5.54. The molecule has 0 unspecified atom stereocenters. The highest BCUT2D eigenvalue weighted by Crippen LogP contribution is 2.33. The predicted octanol–water partition coefficient (Wildman–Crippen LogP) is 4.60. The SMILES string of the molecule is c1ccc(P(c2ccccc2)c2ccc3ccccc3c2)cc1. The quantitative estimate of drug-likeness (QED) is 0.485. The van der Waals surface area contributed by atoms with Gasteiger partial charge in [0.15, 0.2) is 0 Å². The second-order valence-corrected chi connectivity index (χ2v) is 7.76. The summed E-state index contributed by atoms with van der Waals surface area (Å²) < 4.78 is 0. The van der Waals surface area contributed by atoms with E-state index in [1.807, 2.05) is 0 Å². The van der Waals surface area contributed by atoms with Crippen molar-refractivity contribution >= 4 is 34.6 Å². The monoisotopic (exact) mass is 312 g/mol. The van der Waals surface area contributed by atoms with E-state index in [1.54, 1.807) is 0 Å². The molecule has 1 heteroatoms. The molecule has 0 fully saturated rings. The van der Waals surface area contributed by atoms with Crippen molar-refractivity contribution in [3.8, 4) is 0 Å². The molecule has 4 aromatic carbocycles. The van der Waals surface area contributed by atoms with Gasteiger partial charge in [-0.05, 0) is 40.7 Å². The highest BCUT2D eigenvalue weighted by molar-refractivity contribution is 7.79. The van der Waals surface area contributed by atoms with E-state index in [-0.39, 0.29) is 0 Å². The Kier molecular flexibility index (Phi) is 3.92. The first-order valence-corrected chi connectivity index (χ1v) is 9.15. The Bertz CT molecular complexity index is 874. The van der Waals surface area contributed by atoms with Crippen LogP contribution in [0.4, 0.5) is 0 Å². The average molecular weight is 312 g/mol. The minimum absolute atomic E-state index is 0.519. The van der Waals surface area contributed by atoms with E-state index in [0.29, 0.717) is 0 Å². The number of hydrogen-bond donors (Lipinski definition) is 0. The van der Waals surface area contributed by atoms with Crippen LogP contribution in [-0.2, 0) is 0 Å². The van der Waals surface area contributed by atoms with Crippen LogP contribution in [0.15, 0.2) is 103 Å². The average Bonchev–Trinajstić information content (AvgIpc) is 2.64. The summed E-state index contributed by atoms with van der Waals surface area (Å²) in [6.45, 7) is 0. The van der Waals surface area contributed by atoms with Crippen LogP contribution in [0.5, 0.6) is 0 Å². The zero-order valence-corrected chi connectivity index (χ0v) is 13.7. The second kappa shape index (κ2) is 6.36. The summed E-state index contributed by atoms with van der Waals surface area (Å²) in [6, 6.07) is 37.1. The van der Waals surface area contributed by atoms with Crippen LogP contribution >= 0.6 is 7.92 Å². The summed E-state index contributed by atoms with van der Waals surface area (Å²) >= 11 is 0. The van der Waals surface area contributed by atoms with Crippen LogP contribution in [0.1, 0.15) is 0 Å². The van der Waals surface area contributed by atoms with Crippen molar-refractivity contribution in [2.45, 2.75) is 0 Å². The molecule has 0 saturated carbocycles. The summed E-state index contributed by atoms with van der Waals surface area (Å²) in [5.41, 5.74) is 0. The molecule has 110 valence electrons. The van der Waals surface area contributed by atoms with Crippen molar-refractivity contribution < 1.29 is 0 Å². The van der Waals surface area contributed by atoms with E-state index in [9.17, 15) is 0 Å². The van der Waals surface area contributed by atoms with Gasteiger partial charge in [-0.25, -0.2) is 0 Å². The maximum absolute atomic E-state index is 2.35. The fourth-order valence-corrected chi connectivity index (χ4v) is 5.24. The van der Waals surface area contributed by atoms with Crippen LogP contribution in [-0.4, -0.2) is 0 Å². The van der Waals surface area contributed by atoms with Gasteiger partial charge in [0.1, 0.15) is 0 Å². The molecular formula is C22H17P. The molecule has 4 aromatic rings. The lowest BCUT2D eigenvalue weighted by molar-refractivity contribution is 1.74. The Morgan fingerprint density at radius 3 is 1.52 bits per heavy atom. The zero-order valence-electron chi connectivity index (χ0n) is 12.8. The van der Waals surface area contributed by atoms with Crippen LogP contribution in [0, 0.1) is 0 Å². The minimum atomic E-state index is -0.519. The van der Waals surface area contributed by atoms with E-state index in [0.717, 1.165) is 0 Å². The summed E-state index contributed by atoms with van der Waals surface area (Å²) in [7, 11) is -0.519. The maximum atomic E-state index is 2.35. The van der Waals surface area contributed by atoms with Gasteiger partial charge < -0.3 is 0 Å². The normalized spacial score (nSPS) is 11.0. The lowest BCUT2D eigenvalue weighted by Gasteiger charge is -2.19. The third-order valence-electron chi connectivity index (χ3n) is 4.02. The van der Waals surface area contributed by atoms with Gasteiger partial charge >= 0.3 is 0 Å². The van der Waals surface area contributed by atoms with Gasteiger partial charge in [-0.2, -0.15) is 0 Å². The molecule has 4 rings (SSSR count). The number of rotatable bonds is 3. The third-order valence-corrected chi connectivity index (χ3v) is 6.44. The molecule has 0 N–H and O–H groups in total. The van der Waals surface area contributed by atoms with Crippen molar-refractivity contribution in [2.75, 3.05) is 0 Å². The Labute approximate surface area is 138 Å². The molecule has 0 aliphatic carbocycles. The van der Waals surface area contributed by atoms with E-state index >= 15 is 0 Å². The molecule has 0 aromatic heterocycles. The molecule has 0 radical (unpaired) electrons. The Morgan fingerprint density at radius 1 is 0.391 bits per heavy atom. The van der Waals surface area contributed by atoms with Gasteiger partial charge in [0.2, 0.25) is 0 Å². The van der Waals surface area contributed by atoms with Gasteiger partial charge in [0.25, 0.3) is 0 Å². The summed E-state index contributed by atoms with van der Waals surface area (Å²) in [5, 5.41) is 6.79. The van der Waals surface area contributed by atoms with E-state index in [2.05, 4.69) is 103 Å². The largest absolute Gasteiger partial charge is 0.0622 e. The summed E-state index contributed by atoms with van der Waals surface area (Å²) in [6.07, 6.45) is 0. The molecule has 0 saturated heterocycles. The van der Waals surface area contributed by atoms with E-state index in [1.165, 1.54) is 26.7 Å². The first-order chi connectivity index (χ1) is 11.4. The summed E-state index contributed by atoms with van der Waals surface area (Å²) in [4.78, 5) is 0. The Balaban J connectivity index is 1.90. The number of fused-ring (bicyclic) bond motifs is 1. The Morgan fingerprint density at radius 2 is 0.913 bits per heavy atom. The van der Waals surface area contributed by atoms with Crippen LogP contribution < -0.4 is 15.9 Å². The number of hydrogen-bond acceptors (Lipinski definition) is 0. The van der Waals surface area contributed by atoms with Crippen LogP contribution in [0.25, 0.3) is 10.8 Å². The molecule has 0 amide bonds. The van der Waals surface area contributed by atoms with Crippen molar-refractivity contribution in [1.29, 1.82) is 0 Å². The first-order valence-electron chi connectivity index (χ1n) is 7.81. The van der Waals surface area contributed by atoms with Crippen molar-refractivity contribution in [3.05, 3.63) is 103 Å². The Hall–Kier alpha value is -2.43. The van der Waals surface area contributed by atoms with Gasteiger partial charge in [0.05, 0.1) is 0 Å². The molecular weight excluding hydrogens is 295 g/mol. The van der Waals surface area contributed by atoms with Crippen molar-refractivity contribution in [1.82, 2.24) is 0 Å². The fourth-order valence-electron chi connectivity index (χ4n) is 2.92. The van der Waals surface area contributed by atoms with Crippen LogP contribution in [0.2, 0.25) is 0 Å². The molecule has 0 nitrogen and oxygen atoms in total. The van der Waals surface area contributed by atoms with Crippen molar-refractivity contribution in [3.63, 3.8) is 0 Å². The van der Waals surface area contributed by atoms with Gasteiger partial charge in [0, 0.05) is 0 Å². The van der Waals surface area contributed by atoms with Crippen molar-refractivity contribution in [2.24, 2.45) is 0 Å². The molecule has 0 spiro atoms. The maximum Gasteiger partial charge on any atom is -0.0134 e. The standard InChI is InChI=1S/C22H17P/c1-3-11-20(12-4-1)23(21-13-5-2-6-14-21)22-16-15-18-9-7-8-10-19(18)17-22/h1-17H. The fraction of sp³-hybridized carbons (Fsp3) is 0. The van der Waals surface area contributed by atoms with Gasteiger partial charge in [-0.15, -0.1) is 0 Å².